The third kappa shape index (κ3) is 3.16. The number of methoxy groups -OCH3 is 3. The van der Waals surface area contributed by atoms with Crippen molar-refractivity contribution in [1.29, 1.82) is 0 Å². The van der Waals surface area contributed by atoms with Gasteiger partial charge in [-0.2, -0.15) is 0 Å². The van der Waals surface area contributed by atoms with Gasteiger partial charge in [-0.1, -0.05) is 30.3 Å². The van der Waals surface area contributed by atoms with Crippen LogP contribution in [0.2, 0.25) is 0 Å². The normalized spacial score (nSPS) is 19.0. The third-order valence-corrected chi connectivity index (χ3v) is 4.70. The molecule has 7 nitrogen and oxygen atoms in total. The molecule has 1 fully saturated rings. The number of amides is 3. The molecule has 0 aromatic heterocycles. The fourth-order valence-electron chi connectivity index (χ4n) is 3.17. The first-order valence-corrected chi connectivity index (χ1v) is 8.43. The van der Waals surface area contributed by atoms with Crippen molar-refractivity contribution in [2.24, 2.45) is 0 Å². The van der Waals surface area contributed by atoms with Gasteiger partial charge in [0.25, 0.3) is 5.91 Å². The van der Waals surface area contributed by atoms with E-state index < -0.39 is 11.6 Å². The second-order valence-electron chi connectivity index (χ2n) is 6.35. The summed E-state index contributed by atoms with van der Waals surface area (Å²) in [5.74, 6) is 0.907. The first-order valence-electron chi connectivity index (χ1n) is 8.43. The Hall–Kier alpha value is -3.22. The van der Waals surface area contributed by atoms with E-state index in [2.05, 4.69) is 5.32 Å². The van der Waals surface area contributed by atoms with Crippen molar-refractivity contribution in [1.82, 2.24) is 10.2 Å². The van der Waals surface area contributed by atoms with Crippen LogP contribution in [-0.4, -0.2) is 38.2 Å². The van der Waals surface area contributed by atoms with Crippen molar-refractivity contribution in [2.45, 2.75) is 19.0 Å². The largest absolute Gasteiger partial charge is 0.493 e. The van der Waals surface area contributed by atoms with Crippen molar-refractivity contribution < 1.29 is 23.8 Å². The van der Waals surface area contributed by atoms with Crippen LogP contribution in [-0.2, 0) is 16.9 Å². The van der Waals surface area contributed by atoms with Crippen LogP contribution in [0.4, 0.5) is 4.79 Å². The number of imide groups is 1. The summed E-state index contributed by atoms with van der Waals surface area (Å²) in [6.07, 6.45) is 0. The molecule has 3 amide bonds. The number of rotatable bonds is 6. The molecule has 0 aliphatic carbocycles. The molecule has 2 aromatic carbocycles. The molecule has 0 spiro atoms. The first kappa shape index (κ1) is 18.6. The van der Waals surface area contributed by atoms with E-state index in [1.807, 2.05) is 30.3 Å². The Kier molecular flexibility index (Phi) is 4.94. The average molecular weight is 370 g/mol. The van der Waals surface area contributed by atoms with Crippen LogP contribution in [0.15, 0.2) is 42.5 Å². The minimum absolute atomic E-state index is 0.200. The molecule has 27 heavy (non-hydrogen) atoms. The lowest BCUT2D eigenvalue weighted by Crippen LogP contribution is -2.40. The van der Waals surface area contributed by atoms with E-state index in [9.17, 15) is 9.59 Å². The van der Waals surface area contributed by atoms with Gasteiger partial charge in [-0.3, -0.25) is 9.69 Å². The molecule has 0 radical (unpaired) electrons. The van der Waals surface area contributed by atoms with Crippen LogP contribution in [0, 0.1) is 0 Å². The zero-order valence-corrected chi connectivity index (χ0v) is 15.7. The van der Waals surface area contributed by atoms with E-state index in [0.717, 1.165) is 5.56 Å². The number of nitrogens with zero attached hydrogens (tertiary/aromatic N) is 1. The molecule has 2 aromatic rings. The average Bonchev–Trinajstić information content (AvgIpc) is 2.91. The van der Waals surface area contributed by atoms with E-state index >= 15 is 0 Å². The van der Waals surface area contributed by atoms with Crippen molar-refractivity contribution in [3.63, 3.8) is 0 Å². The number of carbonyl (C=O) groups is 2. The summed E-state index contributed by atoms with van der Waals surface area (Å²) in [6, 6.07) is 12.3. The van der Waals surface area contributed by atoms with Crippen LogP contribution in [0.1, 0.15) is 18.1 Å². The van der Waals surface area contributed by atoms with Crippen LogP contribution in [0.25, 0.3) is 0 Å². The summed E-state index contributed by atoms with van der Waals surface area (Å²) in [5, 5.41) is 2.79. The van der Waals surface area contributed by atoms with Crippen molar-refractivity contribution in [3.8, 4) is 17.2 Å². The molecule has 1 aliphatic rings. The Bertz CT molecular complexity index is 843. The zero-order valence-electron chi connectivity index (χ0n) is 15.7. The summed E-state index contributed by atoms with van der Waals surface area (Å²) >= 11 is 0. The summed E-state index contributed by atoms with van der Waals surface area (Å²) < 4.78 is 16.1. The van der Waals surface area contributed by atoms with E-state index in [0.29, 0.717) is 22.8 Å². The monoisotopic (exact) mass is 370 g/mol. The predicted molar refractivity (Wildman–Crippen MR) is 99.0 cm³/mol. The van der Waals surface area contributed by atoms with Crippen LogP contribution in [0.3, 0.4) is 0 Å². The highest BCUT2D eigenvalue weighted by molar-refractivity contribution is 6.07. The number of benzene rings is 2. The van der Waals surface area contributed by atoms with Gasteiger partial charge in [0.05, 0.1) is 27.9 Å². The molecular weight excluding hydrogens is 348 g/mol. The van der Waals surface area contributed by atoms with E-state index in [-0.39, 0.29) is 12.5 Å². The van der Waals surface area contributed by atoms with Gasteiger partial charge in [0.2, 0.25) is 5.75 Å². The molecule has 0 saturated carbocycles. The fourth-order valence-corrected chi connectivity index (χ4v) is 3.17. The van der Waals surface area contributed by atoms with Crippen molar-refractivity contribution in [2.75, 3.05) is 21.3 Å². The lowest BCUT2D eigenvalue weighted by molar-refractivity contribution is -0.131. The van der Waals surface area contributed by atoms with E-state index in [1.54, 1.807) is 19.1 Å². The summed E-state index contributed by atoms with van der Waals surface area (Å²) in [4.78, 5) is 26.8. The Balaban J connectivity index is 1.99. The maximum atomic E-state index is 13.1. The quantitative estimate of drug-likeness (QED) is 0.791. The lowest BCUT2D eigenvalue weighted by Gasteiger charge is -2.24. The Morgan fingerprint density at radius 3 is 2.07 bits per heavy atom. The lowest BCUT2D eigenvalue weighted by atomic mass is 9.91. The van der Waals surface area contributed by atoms with Crippen molar-refractivity contribution in [3.05, 3.63) is 53.6 Å². The molecule has 3 rings (SSSR count). The minimum atomic E-state index is -1.24. The summed E-state index contributed by atoms with van der Waals surface area (Å²) in [6.45, 7) is 1.87. The molecule has 0 bridgehead atoms. The maximum absolute atomic E-state index is 13.1. The van der Waals surface area contributed by atoms with E-state index in [1.165, 1.54) is 26.2 Å². The molecule has 1 saturated heterocycles. The van der Waals surface area contributed by atoms with Crippen molar-refractivity contribution >= 4 is 11.9 Å². The molecule has 1 aliphatic heterocycles. The predicted octanol–water partition coefficient (Wildman–Crippen LogP) is 2.68. The number of urea groups is 1. The zero-order chi connectivity index (χ0) is 19.6. The van der Waals surface area contributed by atoms with Gasteiger partial charge in [-0.05, 0) is 30.2 Å². The molecule has 1 atom stereocenters. The molecule has 1 N–H and O–H groups in total. The SMILES string of the molecule is COc1cc(C2(C)NC(=O)N(Cc3ccccc3)C2=O)cc(OC)c1OC. The van der Waals surface area contributed by atoms with Crippen LogP contribution < -0.4 is 19.5 Å². The smallest absolute Gasteiger partial charge is 0.325 e. The maximum Gasteiger partial charge on any atom is 0.325 e. The molecular formula is C20H22N2O5. The summed E-state index contributed by atoms with van der Waals surface area (Å²) in [5.41, 5.74) is 0.180. The van der Waals surface area contributed by atoms with Gasteiger partial charge >= 0.3 is 6.03 Å². The fraction of sp³-hybridized carbons (Fsp3) is 0.300. The standard InChI is InChI=1S/C20H22N2O5/c1-20(14-10-15(25-2)17(27-4)16(11-14)26-3)18(23)22(19(24)21-20)12-13-8-6-5-7-9-13/h5-11H,12H2,1-4H3,(H,21,24). The van der Waals surface area contributed by atoms with E-state index in [4.69, 9.17) is 14.2 Å². The minimum Gasteiger partial charge on any atom is -0.493 e. The van der Waals surface area contributed by atoms with Crippen LogP contribution >= 0.6 is 0 Å². The second-order valence-corrected chi connectivity index (χ2v) is 6.35. The number of hydrogen-bond donors (Lipinski definition) is 1. The van der Waals surface area contributed by atoms with Gasteiger partial charge in [0.15, 0.2) is 11.5 Å². The second kappa shape index (κ2) is 7.19. The highest BCUT2D eigenvalue weighted by Gasteiger charge is 2.49. The molecule has 7 heteroatoms. The first-order chi connectivity index (χ1) is 12.9. The number of nitrogens with one attached hydrogen (secondary N) is 1. The van der Waals surface area contributed by atoms with Gasteiger partial charge in [0, 0.05) is 0 Å². The molecule has 1 unspecified atom stereocenters. The van der Waals surface area contributed by atoms with Gasteiger partial charge < -0.3 is 19.5 Å². The van der Waals surface area contributed by atoms with Gasteiger partial charge in [-0.25, -0.2) is 4.79 Å². The Labute approximate surface area is 157 Å². The van der Waals surface area contributed by atoms with Crippen LogP contribution in [0.5, 0.6) is 17.2 Å². The highest BCUT2D eigenvalue weighted by Crippen LogP contribution is 2.42. The van der Waals surface area contributed by atoms with Gasteiger partial charge in [-0.15, -0.1) is 0 Å². The third-order valence-electron chi connectivity index (χ3n) is 4.70. The number of carbonyl (C=O) groups excluding carboxylic acids is 2. The molecule has 142 valence electrons. The highest BCUT2D eigenvalue weighted by atomic mass is 16.5. The van der Waals surface area contributed by atoms with Gasteiger partial charge in [0.1, 0.15) is 5.54 Å². The number of ether oxygens (including phenoxy) is 3. The topological polar surface area (TPSA) is 77.1 Å². The molecule has 1 heterocycles. The Morgan fingerprint density at radius 1 is 0.963 bits per heavy atom. The Morgan fingerprint density at radius 2 is 1.56 bits per heavy atom. The summed E-state index contributed by atoms with van der Waals surface area (Å²) in [7, 11) is 4.51. The number of hydrogen-bond acceptors (Lipinski definition) is 5.